The first-order chi connectivity index (χ1) is 13.4. The van der Waals surface area contributed by atoms with E-state index in [1.165, 1.54) is 0 Å². The van der Waals surface area contributed by atoms with Gasteiger partial charge in [0.25, 0.3) is 0 Å². The summed E-state index contributed by atoms with van der Waals surface area (Å²) in [5.41, 5.74) is -2.55. The van der Waals surface area contributed by atoms with Crippen LogP contribution in [-0.4, -0.2) is 77.7 Å². The molecule has 0 aromatic rings. The van der Waals surface area contributed by atoms with E-state index in [4.69, 9.17) is 14.5 Å². The van der Waals surface area contributed by atoms with Crippen molar-refractivity contribution in [2.75, 3.05) is 6.61 Å². The van der Waals surface area contributed by atoms with Crippen LogP contribution in [0.1, 0.15) is 6.92 Å². The lowest BCUT2D eigenvalue weighted by Crippen LogP contribution is -2.58. The van der Waals surface area contributed by atoms with Crippen LogP contribution in [-0.2, 0) is 43.6 Å². The Morgan fingerprint density at radius 3 is 2.43 bits per heavy atom. The van der Waals surface area contributed by atoms with E-state index >= 15 is 4.39 Å². The second-order valence-corrected chi connectivity index (χ2v) is 12.0. The van der Waals surface area contributed by atoms with E-state index in [1.807, 2.05) is 0 Å². The molecule has 0 aromatic heterocycles. The maximum Gasteiger partial charge on any atom is 0.488 e. The number of rotatable bonds is 8. The molecule has 7 atom stereocenters. The Morgan fingerprint density at radius 2 is 1.90 bits per heavy atom. The maximum atomic E-state index is 15.0. The normalized spacial score (nSPS) is 36.3. The number of ether oxygens (including phenoxy) is 1. The van der Waals surface area contributed by atoms with Gasteiger partial charge in [-0.3, -0.25) is 4.79 Å². The van der Waals surface area contributed by atoms with Crippen molar-refractivity contribution in [2.24, 2.45) is 0 Å². The largest absolute Gasteiger partial charge is 0.488 e. The molecule has 174 valence electrons. The Bertz CT molecular complexity index is 851. The number of hydrogen-bond donors (Lipinski definition) is 7. The zero-order valence-electron chi connectivity index (χ0n) is 14.8. The standard InChI is InChI=1S/C10H18FN2O13P3S/c1-10(11)7(15)5(24-8(10)13-3-2-6(14)12-9(13)16)4-23-29(22,30)26-28(20,21)25-27(17,18)19/h2-3,5,7-9,15-16H,4H2,1H3,(H,12,14)(H,20,21)(H,22,30)(H2,17,18,19)/t5-,7-,8-,9?,10-,29?/m1/s1. The summed E-state index contributed by atoms with van der Waals surface area (Å²) in [6, 6.07) is 0. The van der Waals surface area contributed by atoms with Gasteiger partial charge in [-0.15, -0.1) is 0 Å². The van der Waals surface area contributed by atoms with Crippen LogP contribution in [0.5, 0.6) is 0 Å². The minimum atomic E-state index is -5.55. The van der Waals surface area contributed by atoms with Crippen LogP contribution in [0, 0.1) is 0 Å². The molecule has 1 fully saturated rings. The molecule has 1 amide bonds. The van der Waals surface area contributed by atoms with Crippen LogP contribution >= 0.6 is 22.4 Å². The number of carbonyl (C=O) groups is 1. The number of nitrogens with zero attached hydrogens (tertiary/aromatic N) is 1. The van der Waals surface area contributed by atoms with Crippen molar-refractivity contribution in [3.05, 3.63) is 12.3 Å². The summed E-state index contributed by atoms with van der Waals surface area (Å²) in [7, 11) is -11.0. The average molecular weight is 518 g/mol. The Balaban J connectivity index is 2.06. The lowest BCUT2D eigenvalue weighted by Gasteiger charge is -2.37. The first-order valence-electron chi connectivity index (χ1n) is 7.68. The number of carbonyl (C=O) groups excluding carboxylic acids is 1. The fourth-order valence-electron chi connectivity index (χ4n) is 2.54. The Hall–Kier alpha value is -0.350. The van der Waals surface area contributed by atoms with Crippen LogP contribution < -0.4 is 5.32 Å². The predicted octanol–water partition coefficient (Wildman–Crippen LogP) is -1.52. The van der Waals surface area contributed by atoms with E-state index < -0.39 is 65.3 Å². The molecule has 20 heteroatoms. The van der Waals surface area contributed by atoms with Gasteiger partial charge in [0.05, 0.1) is 6.61 Å². The molecule has 1 saturated heterocycles. The first kappa shape index (κ1) is 25.9. The molecule has 0 saturated carbocycles. The first-order valence-corrected chi connectivity index (χ1v) is 13.3. The Kier molecular flexibility index (Phi) is 7.67. The molecule has 7 N–H and O–H groups in total. The van der Waals surface area contributed by atoms with Crippen LogP contribution in [0.15, 0.2) is 12.3 Å². The van der Waals surface area contributed by atoms with Crippen LogP contribution in [0.3, 0.4) is 0 Å². The van der Waals surface area contributed by atoms with Crippen molar-refractivity contribution >= 4 is 40.1 Å². The molecule has 0 radical (unpaired) electrons. The van der Waals surface area contributed by atoms with E-state index in [0.29, 0.717) is 0 Å². The highest BCUT2D eigenvalue weighted by Gasteiger charge is 2.57. The molecule has 30 heavy (non-hydrogen) atoms. The summed E-state index contributed by atoms with van der Waals surface area (Å²) in [6.45, 7) is -4.67. The molecule has 0 bridgehead atoms. The second-order valence-electron chi connectivity index (χ2n) is 6.15. The van der Waals surface area contributed by atoms with Gasteiger partial charge in [0.15, 0.2) is 11.9 Å². The third kappa shape index (κ3) is 6.58. The van der Waals surface area contributed by atoms with Crippen molar-refractivity contribution in [3.63, 3.8) is 0 Å². The molecule has 2 aliphatic heterocycles. The molecule has 0 aliphatic carbocycles. The zero-order valence-corrected chi connectivity index (χ0v) is 18.3. The van der Waals surface area contributed by atoms with Crippen molar-refractivity contribution in [3.8, 4) is 0 Å². The third-order valence-corrected chi connectivity index (χ3v) is 8.48. The van der Waals surface area contributed by atoms with Gasteiger partial charge in [-0.05, 0) is 18.7 Å². The smallest absolute Gasteiger partial charge is 0.387 e. The highest BCUT2D eigenvalue weighted by molar-refractivity contribution is 8.08. The minimum absolute atomic E-state index is 0.665. The number of nitrogens with one attached hydrogen (secondary N) is 1. The maximum absolute atomic E-state index is 15.0. The van der Waals surface area contributed by atoms with Crippen molar-refractivity contribution in [2.45, 2.75) is 37.4 Å². The number of hydrogen-bond acceptors (Lipinski definition) is 11. The highest BCUT2D eigenvalue weighted by atomic mass is 32.5. The Morgan fingerprint density at radius 1 is 1.30 bits per heavy atom. The van der Waals surface area contributed by atoms with Gasteiger partial charge < -0.3 is 49.3 Å². The van der Waals surface area contributed by atoms with Crippen molar-refractivity contribution < 1.29 is 66.0 Å². The van der Waals surface area contributed by atoms with E-state index in [1.54, 1.807) is 0 Å². The molecule has 2 aliphatic rings. The van der Waals surface area contributed by atoms with Crippen molar-refractivity contribution in [1.29, 1.82) is 0 Å². The summed E-state index contributed by atoms with van der Waals surface area (Å²) < 4.78 is 54.5. The molecule has 3 unspecified atom stereocenters. The molecule has 2 rings (SSSR count). The number of aliphatic hydroxyl groups is 2. The minimum Gasteiger partial charge on any atom is -0.387 e. The molecular formula is C10H18FN2O13P3S. The number of halogens is 1. The highest BCUT2D eigenvalue weighted by Crippen LogP contribution is 2.66. The van der Waals surface area contributed by atoms with Gasteiger partial charge in [0.1, 0.15) is 12.2 Å². The SMILES string of the molecule is C[C@@]1(F)[C@H](O)[C@@H](COP(O)(=S)OP(=O)(O)OP(=O)(O)O)O[C@H]1N1C=CC(=O)NC1O. The number of amides is 1. The lowest BCUT2D eigenvalue weighted by molar-refractivity contribution is -0.158. The van der Waals surface area contributed by atoms with Gasteiger partial charge in [0.2, 0.25) is 12.3 Å². The summed E-state index contributed by atoms with van der Waals surface area (Å²) >= 11 is 4.41. The number of alkyl halides is 1. The van der Waals surface area contributed by atoms with Gasteiger partial charge in [-0.2, -0.15) is 4.31 Å². The number of phosphoric acid groups is 2. The predicted molar refractivity (Wildman–Crippen MR) is 95.8 cm³/mol. The van der Waals surface area contributed by atoms with Gasteiger partial charge in [-0.1, -0.05) is 0 Å². The average Bonchev–Trinajstić information content (AvgIpc) is 2.73. The lowest BCUT2D eigenvalue weighted by atomic mass is 9.98. The van der Waals surface area contributed by atoms with Crippen LogP contribution in [0.2, 0.25) is 0 Å². The van der Waals surface area contributed by atoms with Gasteiger partial charge in [0, 0.05) is 12.3 Å². The summed E-state index contributed by atoms with van der Waals surface area (Å²) in [4.78, 5) is 48.1. The van der Waals surface area contributed by atoms with Gasteiger partial charge >= 0.3 is 22.4 Å². The van der Waals surface area contributed by atoms with Crippen molar-refractivity contribution in [1.82, 2.24) is 10.2 Å². The molecule has 15 nitrogen and oxygen atoms in total. The second kappa shape index (κ2) is 8.89. The summed E-state index contributed by atoms with van der Waals surface area (Å²) in [6.07, 6.45) is -4.84. The van der Waals surface area contributed by atoms with E-state index in [-0.39, 0.29) is 0 Å². The molecule has 0 spiro atoms. The summed E-state index contributed by atoms with van der Waals surface area (Å²) in [5.74, 6) is -0.665. The quantitative estimate of drug-likeness (QED) is 0.181. The van der Waals surface area contributed by atoms with Crippen LogP contribution in [0.4, 0.5) is 4.39 Å². The molecular weight excluding hydrogens is 500 g/mol. The van der Waals surface area contributed by atoms with Crippen LogP contribution in [0.25, 0.3) is 0 Å². The fourth-order valence-corrected chi connectivity index (χ4v) is 6.51. The number of aliphatic hydroxyl groups excluding tert-OH is 2. The monoisotopic (exact) mass is 518 g/mol. The van der Waals surface area contributed by atoms with E-state index in [2.05, 4.69) is 30.3 Å². The topological polar surface area (TPSA) is 225 Å². The van der Waals surface area contributed by atoms with E-state index in [9.17, 15) is 33.9 Å². The zero-order chi connectivity index (χ0) is 23.1. The van der Waals surface area contributed by atoms with E-state index in [0.717, 1.165) is 24.1 Å². The Labute approximate surface area is 173 Å². The third-order valence-electron chi connectivity index (χ3n) is 3.76. The molecule has 2 heterocycles. The van der Waals surface area contributed by atoms with Gasteiger partial charge in [-0.25, -0.2) is 17.8 Å². The summed E-state index contributed by atoms with van der Waals surface area (Å²) in [5, 5.41) is 22.1. The molecule has 0 aromatic carbocycles. The fraction of sp³-hybridized carbons (Fsp3) is 0.700.